The molecular weight excluding hydrogens is 202 g/mol. The normalized spacial score (nSPS) is 35.4. The lowest BCUT2D eigenvalue weighted by molar-refractivity contribution is -0.179. The molecule has 6 heteroatoms. The van der Waals surface area contributed by atoms with E-state index in [2.05, 4.69) is 0 Å². The van der Waals surface area contributed by atoms with Crippen molar-refractivity contribution in [1.29, 1.82) is 0 Å². The molecule has 4 atom stereocenters. The van der Waals surface area contributed by atoms with Gasteiger partial charge in [-0.3, -0.25) is 4.84 Å². The van der Waals surface area contributed by atoms with Gasteiger partial charge in [0.2, 0.25) is 0 Å². The quantitative estimate of drug-likeness (QED) is 0.422. The zero-order chi connectivity index (χ0) is 11.5. The van der Waals surface area contributed by atoms with Crippen LogP contribution in [0.2, 0.25) is 0 Å². The summed E-state index contributed by atoms with van der Waals surface area (Å²) in [6.07, 6.45) is -1.64. The molecule has 1 fully saturated rings. The molecule has 0 aliphatic carbocycles. The maximum Gasteiger partial charge on any atom is 0.141 e. The highest BCUT2D eigenvalue weighted by Crippen LogP contribution is 2.30. The minimum absolute atomic E-state index is 0.0284. The molecule has 1 aliphatic heterocycles. The lowest BCUT2D eigenvalue weighted by atomic mass is 9.88. The van der Waals surface area contributed by atoms with E-state index in [0.717, 1.165) is 6.42 Å². The first kappa shape index (κ1) is 12.8. The van der Waals surface area contributed by atoms with Crippen LogP contribution in [0.25, 0.3) is 0 Å². The molecule has 5 N–H and O–H groups in total. The lowest BCUT2D eigenvalue weighted by Crippen LogP contribution is -2.55. The van der Waals surface area contributed by atoms with Crippen molar-refractivity contribution in [3.63, 3.8) is 0 Å². The van der Waals surface area contributed by atoms with Gasteiger partial charge in [-0.2, -0.15) is 0 Å². The summed E-state index contributed by atoms with van der Waals surface area (Å²) in [6, 6.07) is 0. The van der Waals surface area contributed by atoms with E-state index in [1.807, 2.05) is 6.92 Å². The fourth-order valence-electron chi connectivity index (χ4n) is 1.96. The van der Waals surface area contributed by atoms with Gasteiger partial charge in [-0.1, -0.05) is 13.3 Å². The Morgan fingerprint density at radius 2 is 2.20 bits per heavy atom. The number of aliphatic hydroxyl groups excluding tert-OH is 3. The molecule has 1 aliphatic rings. The van der Waals surface area contributed by atoms with Crippen molar-refractivity contribution in [2.24, 2.45) is 5.90 Å². The van der Waals surface area contributed by atoms with E-state index in [-0.39, 0.29) is 13.2 Å². The summed E-state index contributed by atoms with van der Waals surface area (Å²) in [4.78, 5) is 4.78. The largest absolute Gasteiger partial charge is 0.393 e. The van der Waals surface area contributed by atoms with Crippen LogP contribution in [0.4, 0.5) is 0 Å². The molecule has 1 heterocycles. The minimum atomic E-state index is -1.13. The fourth-order valence-corrected chi connectivity index (χ4v) is 1.96. The predicted octanol–water partition coefficient (Wildman–Crippen LogP) is -1.47. The Morgan fingerprint density at radius 1 is 1.53 bits per heavy atom. The highest BCUT2D eigenvalue weighted by atomic mass is 16.7. The number of rotatable bonds is 5. The van der Waals surface area contributed by atoms with Crippen LogP contribution in [-0.2, 0) is 9.57 Å². The zero-order valence-corrected chi connectivity index (χ0v) is 8.80. The Morgan fingerprint density at radius 3 is 2.53 bits per heavy atom. The Hall–Kier alpha value is -0.240. The SMILES string of the molecule is CCC[C@](CO)(ON)[C@H]1OC[C@H](O)[C@H]1O. The van der Waals surface area contributed by atoms with E-state index >= 15 is 0 Å². The van der Waals surface area contributed by atoms with Crippen LogP contribution < -0.4 is 5.90 Å². The molecule has 0 spiro atoms. The molecule has 90 valence electrons. The summed E-state index contributed by atoms with van der Waals surface area (Å²) in [5.74, 6) is 5.16. The van der Waals surface area contributed by atoms with Crippen molar-refractivity contribution in [3.8, 4) is 0 Å². The van der Waals surface area contributed by atoms with Gasteiger partial charge in [0.15, 0.2) is 0 Å². The number of nitrogens with two attached hydrogens (primary N) is 1. The van der Waals surface area contributed by atoms with Crippen molar-refractivity contribution >= 4 is 0 Å². The van der Waals surface area contributed by atoms with Crippen LogP contribution in [0.5, 0.6) is 0 Å². The number of aliphatic hydroxyl groups is 3. The average molecular weight is 221 g/mol. The Kier molecular flexibility index (Phi) is 4.45. The first-order valence-corrected chi connectivity index (χ1v) is 5.07. The molecule has 6 nitrogen and oxygen atoms in total. The third-order valence-electron chi connectivity index (χ3n) is 2.85. The van der Waals surface area contributed by atoms with E-state index in [1.165, 1.54) is 0 Å². The molecule has 0 radical (unpaired) electrons. The van der Waals surface area contributed by atoms with Gasteiger partial charge in [0.05, 0.1) is 13.2 Å². The predicted molar refractivity (Wildman–Crippen MR) is 51.8 cm³/mol. The Bertz CT molecular complexity index is 197. The van der Waals surface area contributed by atoms with Crippen molar-refractivity contribution in [2.75, 3.05) is 13.2 Å². The van der Waals surface area contributed by atoms with Gasteiger partial charge < -0.3 is 20.1 Å². The first-order valence-electron chi connectivity index (χ1n) is 5.07. The van der Waals surface area contributed by atoms with E-state index in [9.17, 15) is 15.3 Å². The lowest BCUT2D eigenvalue weighted by Gasteiger charge is -2.35. The van der Waals surface area contributed by atoms with Gasteiger partial charge >= 0.3 is 0 Å². The third-order valence-corrected chi connectivity index (χ3v) is 2.85. The minimum Gasteiger partial charge on any atom is -0.393 e. The Labute approximate surface area is 88.6 Å². The van der Waals surface area contributed by atoms with Gasteiger partial charge in [0, 0.05) is 0 Å². The number of hydrogen-bond acceptors (Lipinski definition) is 6. The van der Waals surface area contributed by atoms with Gasteiger partial charge in [0.25, 0.3) is 0 Å². The van der Waals surface area contributed by atoms with Crippen LogP contribution in [0.1, 0.15) is 19.8 Å². The molecule has 1 saturated heterocycles. The molecule has 15 heavy (non-hydrogen) atoms. The second-order valence-corrected chi connectivity index (χ2v) is 3.90. The number of hydrogen-bond donors (Lipinski definition) is 4. The van der Waals surface area contributed by atoms with Crippen LogP contribution in [0.15, 0.2) is 0 Å². The van der Waals surface area contributed by atoms with E-state index in [0.29, 0.717) is 6.42 Å². The van der Waals surface area contributed by atoms with Crippen LogP contribution in [-0.4, -0.2) is 52.4 Å². The molecule has 0 bridgehead atoms. The van der Waals surface area contributed by atoms with Gasteiger partial charge in [-0.05, 0) is 6.42 Å². The second-order valence-electron chi connectivity index (χ2n) is 3.90. The molecule has 0 unspecified atom stereocenters. The molecule has 1 rings (SSSR count). The maximum atomic E-state index is 9.66. The maximum absolute atomic E-state index is 9.66. The molecular formula is C9H19NO5. The van der Waals surface area contributed by atoms with E-state index in [1.54, 1.807) is 0 Å². The van der Waals surface area contributed by atoms with Crippen molar-refractivity contribution in [2.45, 2.75) is 43.7 Å². The number of ether oxygens (including phenoxy) is 1. The average Bonchev–Trinajstić information content (AvgIpc) is 2.58. The molecule has 0 aromatic heterocycles. The summed E-state index contributed by atoms with van der Waals surface area (Å²) in [5, 5.41) is 28.3. The molecule has 0 aromatic rings. The van der Waals surface area contributed by atoms with Gasteiger partial charge in [0.1, 0.15) is 23.9 Å². The molecule has 0 aromatic carbocycles. The summed E-state index contributed by atoms with van der Waals surface area (Å²) in [7, 11) is 0. The van der Waals surface area contributed by atoms with Crippen molar-refractivity contribution < 1.29 is 24.9 Å². The summed E-state index contributed by atoms with van der Waals surface area (Å²) in [6.45, 7) is 1.58. The Balaban J connectivity index is 2.79. The monoisotopic (exact) mass is 221 g/mol. The zero-order valence-electron chi connectivity index (χ0n) is 8.80. The van der Waals surface area contributed by atoms with Gasteiger partial charge in [-0.25, -0.2) is 5.90 Å². The van der Waals surface area contributed by atoms with Crippen LogP contribution >= 0.6 is 0 Å². The second kappa shape index (κ2) is 5.20. The summed E-state index contributed by atoms with van der Waals surface area (Å²) in [5.41, 5.74) is -1.13. The first-order chi connectivity index (χ1) is 7.11. The standard InChI is InChI=1S/C9H19NO5/c1-2-3-9(5-11,15-10)8-7(13)6(12)4-14-8/h6-8,11-13H,2-5,10H2,1H3/t6-,7+,8-,9+/m0/s1. The van der Waals surface area contributed by atoms with E-state index in [4.69, 9.17) is 15.5 Å². The fraction of sp³-hybridized carbons (Fsp3) is 1.00. The summed E-state index contributed by atoms with van der Waals surface area (Å²) >= 11 is 0. The smallest absolute Gasteiger partial charge is 0.141 e. The molecule has 0 saturated carbocycles. The van der Waals surface area contributed by atoms with Gasteiger partial charge in [-0.15, -0.1) is 0 Å². The third kappa shape index (κ3) is 2.30. The van der Waals surface area contributed by atoms with E-state index < -0.39 is 23.9 Å². The van der Waals surface area contributed by atoms with Crippen LogP contribution in [0, 0.1) is 0 Å². The van der Waals surface area contributed by atoms with Crippen molar-refractivity contribution in [1.82, 2.24) is 0 Å². The topological polar surface area (TPSA) is 105 Å². The summed E-state index contributed by atoms with van der Waals surface area (Å²) < 4.78 is 5.21. The highest BCUT2D eigenvalue weighted by Gasteiger charge is 2.49. The van der Waals surface area contributed by atoms with Crippen molar-refractivity contribution in [3.05, 3.63) is 0 Å². The van der Waals surface area contributed by atoms with Crippen LogP contribution in [0.3, 0.4) is 0 Å². The highest BCUT2D eigenvalue weighted by molar-refractivity contribution is 4.98. The molecule has 0 amide bonds.